The third-order valence-electron chi connectivity index (χ3n) is 9.85. The average molecular weight is 654 g/mol. The van der Waals surface area contributed by atoms with Gasteiger partial charge in [0.25, 0.3) is 0 Å². The van der Waals surface area contributed by atoms with Gasteiger partial charge in [0.05, 0.1) is 22.1 Å². The first-order valence-corrected chi connectivity index (χ1v) is 17.2. The smallest absolute Gasteiger partial charge is 0.238 e. The first-order valence-electron chi connectivity index (χ1n) is 17.2. The lowest BCUT2D eigenvalue weighted by Gasteiger charge is -2.11. The molecule has 0 saturated carbocycles. The number of aryl methyl sites for hydroxylation is 1. The first-order chi connectivity index (χ1) is 25.2. The van der Waals surface area contributed by atoms with Crippen molar-refractivity contribution < 1.29 is 0 Å². The standard InChI is InChI=1S/C46H31N5/c1-30-20-26-38-39-29-34(31-21-24-35(25-22-31)50-40-18-10-8-16-36(40)37-17-9-11-19-41(37)50)23-27-42(39)51(43(38)28-30)46-48-44(32-12-4-2-5-13-32)47-45(49-46)33-14-6-3-7-15-33/h2-29H,1H3. The molecular weight excluding hydrogens is 623 g/mol. The summed E-state index contributed by atoms with van der Waals surface area (Å²) in [5, 5.41) is 4.83. The van der Waals surface area contributed by atoms with Crippen LogP contribution in [0.1, 0.15) is 5.56 Å². The fourth-order valence-corrected chi connectivity index (χ4v) is 7.43. The molecule has 7 aromatic carbocycles. The van der Waals surface area contributed by atoms with Gasteiger partial charge in [0.15, 0.2) is 11.6 Å². The number of para-hydroxylation sites is 2. The van der Waals surface area contributed by atoms with E-state index < -0.39 is 0 Å². The van der Waals surface area contributed by atoms with Crippen LogP contribution in [0.5, 0.6) is 0 Å². The van der Waals surface area contributed by atoms with Crippen molar-refractivity contribution in [2.24, 2.45) is 0 Å². The van der Waals surface area contributed by atoms with Crippen LogP contribution in [0.25, 0.3) is 89.2 Å². The fraction of sp³-hybridized carbons (Fsp3) is 0.0217. The zero-order valence-electron chi connectivity index (χ0n) is 27.9. The molecule has 0 N–H and O–H groups in total. The Morgan fingerprint density at radius 1 is 0.353 bits per heavy atom. The molecule has 3 heterocycles. The monoisotopic (exact) mass is 653 g/mol. The predicted molar refractivity (Wildman–Crippen MR) is 210 cm³/mol. The molecular formula is C46H31N5. The van der Waals surface area contributed by atoms with Crippen LogP contribution in [-0.2, 0) is 0 Å². The molecule has 0 bridgehead atoms. The van der Waals surface area contributed by atoms with Crippen molar-refractivity contribution in [3.63, 3.8) is 0 Å². The Morgan fingerprint density at radius 2 is 0.882 bits per heavy atom. The van der Waals surface area contributed by atoms with Gasteiger partial charge >= 0.3 is 0 Å². The van der Waals surface area contributed by atoms with Crippen LogP contribution < -0.4 is 0 Å². The molecule has 0 aliphatic rings. The number of hydrogen-bond acceptors (Lipinski definition) is 3. The van der Waals surface area contributed by atoms with E-state index in [1.807, 2.05) is 60.7 Å². The molecule has 10 aromatic rings. The summed E-state index contributed by atoms with van der Waals surface area (Å²) < 4.78 is 4.54. The van der Waals surface area contributed by atoms with Crippen molar-refractivity contribution in [2.45, 2.75) is 6.92 Å². The van der Waals surface area contributed by atoms with E-state index in [0.29, 0.717) is 17.6 Å². The van der Waals surface area contributed by atoms with E-state index in [2.05, 4.69) is 125 Å². The quantitative estimate of drug-likeness (QED) is 0.186. The molecule has 0 unspecified atom stereocenters. The van der Waals surface area contributed by atoms with Crippen molar-refractivity contribution in [1.82, 2.24) is 24.1 Å². The average Bonchev–Trinajstić information content (AvgIpc) is 3.70. The van der Waals surface area contributed by atoms with Gasteiger partial charge in [0.2, 0.25) is 5.95 Å². The number of fused-ring (bicyclic) bond motifs is 6. The molecule has 240 valence electrons. The maximum atomic E-state index is 5.10. The first kappa shape index (κ1) is 29.1. The number of rotatable bonds is 5. The summed E-state index contributed by atoms with van der Waals surface area (Å²) >= 11 is 0. The van der Waals surface area contributed by atoms with Gasteiger partial charge in [-0.25, -0.2) is 4.98 Å². The van der Waals surface area contributed by atoms with Gasteiger partial charge in [-0.3, -0.25) is 4.57 Å². The fourth-order valence-electron chi connectivity index (χ4n) is 7.43. The summed E-state index contributed by atoms with van der Waals surface area (Å²) in [6.45, 7) is 2.13. The van der Waals surface area contributed by atoms with Gasteiger partial charge < -0.3 is 4.57 Å². The summed E-state index contributed by atoms with van der Waals surface area (Å²) in [6, 6.07) is 59.8. The second-order valence-electron chi connectivity index (χ2n) is 13.0. The molecule has 5 heteroatoms. The molecule has 3 aromatic heterocycles. The second-order valence-corrected chi connectivity index (χ2v) is 13.0. The lowest BCUT2D eigenvalue weighted by Crippen LogP contribution is -2.06. The minimum Gasteiger partial charge on any atom is -0.309 e. The Bertz CT molecular complexity index is 2790. The van der Waals surface area contributed by atoms with E-state index in [9.17, 15) is 0 Å². The molecule has 0 spiro atoms. The van der Waals surface area contributed by atoms with Crippen LogP contribution in [-0.4, -0.2) is 24.1 Å². The summed E-state index contributed by atoms with van der Waals surface area (Å²) in [6.07, 6.45) is 0. The molecule has 0 amide bonds. The molecule has 10 rings (SSSR count). The van der Waals surface area contributed by atoms with Crippen LogP contribution in [0, 0.1) is 6.92 Å². The van der Waals surface area contributed by atoms with Crippen molar-refractivity contribution in [3.8, 4) is 45.5 Å². The number of hydrogen-bond donors (Lipinski definition) is 0. The zero-order chi connectivity index (χ0) is 33.9. The highest BCUT2D eigenvalue weighted by molar-refractivity contribution is 6.11. The van der Waals surface area contributed by atoms with Crippen molar-refractivity contribution in [1.29, 1.82) is 0 Å². The van der Waals surface area contributed by atoms with Gasteiger partial charge in [0.1, 0.15) is 0 Å². The third kappa shape index (κ3) is 4.82. The Morgan fingerprint density at radius 3 is 1.51 bits per heavy atom. The molecule has 0 radical (unpaired) electrons. The molecule has 0 saturated heterocycles. The van der Waals surface area contributed by atoms with E-state index >= 15 is 0 Å². The Labute approximate surface area is 294 Å². The van der Waals surface area contributed by atoms with Crippen molar-refractivity contribution in [2.75, 3.05) is 0 Å². The predicted octanol–water partition coefficient (Wildman–Crippen LogP) is 11.4. The molecule has 0 atom stereocenters. The highest BCUT2D eigenvalue weighted by atomic mass is 15.2. The van der Waals surface area contributed by atoms with Crippen molar-refractivity contribution >= 4 is 43.6 Å². The zero-order valence-corrected chi connectivity index (χ0v) is 27.9. The summed E-state index contributed by atoms with van der Waals surface area (Å²) in [7, 11) is 0. The molecule has 0 aliphatic carbocycles. The summed E-state index contributed by atoms with van der Waals surface area (Å²) in [4.78, 5) is 15.1. The maximum Gasteiger partial charge on any atom is 0.238 e. The minimum absolute atomic E-state index is 0.594. The lowest BCUT2D eigenvalue weighted by molar-refractivity contribution is 0.953. The third-order valence-corrected chi connectivity index (χ3v) is 9.85. The van der Waals surface area contributed by atoms with Crippen LogP contribution in [0.3, 0.4) is 0 Å². The largest absolute Gasteiger partial charge is 0.309 e. The normalized spacial score (nSPS) is 11.6. The lowest BCUT2D eigenvalue weighted by atomic mass is 10.0. The van der Waals surface area contributed by atoms with Gasteiger partial charge in [-0.15, -0.1) is 0 Å². The minimum atomic E-state index is 0.594. The summed E-state index contributed by atoms with van der Waals surface area (Å²) in [5.41, 5.74) is 11.0. The number of aromatic nitrogens is 5. The van der Waals surface area contributed by atoms with E-state index in [1.54, 1.807) is 0 Å². The topological polar surface area (TPSA) is 48.5 Å². The molecule has 51 heavy (non-hydrogen) atoms. The molecule has 5 nitrogen and oxygen atoms in total. The van der Waals surface area contributed by atoms with Gasteiger partial charge in [0, 0.05) is 38.4 Å². The van der Waals surface area contributed by atoms with Crippen LogP contribution in [0.2, 0.25) is 0 Å². The van der Waals surface area contributed by atoms with Crippen LogP contribution in [0.4, 0.5) is 0 Å². The Balaban J connectivity index is 1.13. The van der Waals surface area contributed by atoms with E-state index in [1.165, 1.54) is 27.4 Å². The van der Waals surface area contributed by atoms with Crippen LogP contribution >= 0.6 is 0 Å². The number of nitrogens with zero attached hydrogens (tertiary/aromatic N) is 5. The van der Waals surface area contributed by atoms with Gasteiger partial charge in [-0.1, -0.05) is 127 Å². The second kappa shape index (κ2) is 11.6. The highest BCUT2D eigenvalue weighted by Crippen LogP contribution is 2.37. The van der Waals surface area contributed by atoms with E-state index in [0.717, 1.165) is 49.7 Å². The molecule has 0 aliphatic heterocycles. The van der Waals surface area contributed by atoms with Gasteiger partial charge in [-0.05, 0) is 66.1 Å². The SMILES string of the molecule is Cc1ccc2c3cc(-c4ccc(-n5c6ccccc6c6ccccc65)cc4)ccc3n(-c3nc(-c4ccccc4)nc(-c4ccccc4)n3)c2c1. The maximum absolute atomic E-state index is 5.10. The Hall–Kier alpha value is -6.85. The Kier molecular flexibility index (Phi) is 6.64. The van der Waals surface area contributed by atoms with E-state index in [-0.39, 0.29) is 0 Å². The molecule has 0 fully saturated rings. The van der Waals surface area contributed by atoms with Crippen molar-refractivity contribution in [3.05, 3.63) is 175 Å². The van der Waals surface area contributed by atoms with Gasteiger partial charge in [-0.2, -0.15) is 9.97 Å². The summed E-state index contributed by atoms with van der Waals surface area (Å²) in [5.74, 6) is 1.88. The highest BCUT2D eigenvalue weighted by Gasteiger charge is 2.19. The van der Waals surface area contributed by atoms with E-state index in [4.69, 9.17) is 15.0 Å². The number of benzene rings is 7. The van der Waals surface area contributed by atoms with Crippen LogP contribution in [0.15, 0.2) is 170 Å².